The predicted octanol–water partition coefficient (Wildman–Crippen LogP) is 1.48. The van der Waals surface area contributed by atoms with Gasteiger partial charge in [0.15, 0.2) is 0 Å². The second kappa shape index (κ2) is 8.22. The maximum absolute atomic E-state index is 13.3. The van der Waals surface area contributed by atoms with E-state index in [4.69, 9.17) is 15.2 Å². The largest absolute Gasteiger partial charge is 0.377 e. The Morgan fingerprint density at radius 2 is 2.41 bits per heavy atom. The Morgan fingerprint density at radius 1 is 1.59 bits per heavy atom. The molecule has 6 heteroatoms. The van der Waals surface area contributed by atoms with Crippen LogP contribution in [0.25, 0.3) is 0 Å². The van der Waals surface area contributed by atoms with Gasteiger partial charge in [0.25, 0.3) is 0 Å². The van der Waals surface area contributed by atoms with Gasteiger partial charge in [0.1, 0.15) is 11.9 Å². The number of rotatable bonds is 8. The molecule has 0 bridgehead atoms. The van der Waals surface area contributed by atoms with Crippen LogP contribution in [-0.4, -0.2) is 50.3 Å². The van der Waals surface area contributed by atoms with Gasteiger partial charge < -0.3 is 15.2 Å². The lowest BCUT2D eigenvalue weighted by Gasteiger charge is -2.26. The lowest BCUT2D eigenvalue weighted by atomic mass is 10.1. The summed E-state index contributed by atoms with van der Waals surface area (Å²) >= 11 is 0. The summed E-state index contributed by atoms with van der Waals surface area (Å²) < 4.78 is 24.4. The van der Waals surface area contributed by atoms with Crippen LogP contribution in [-0.2, 0) is 14.3 Å². The molecule has 1 amide bonds. The maximum atomic E-state index is 13.3. The number of nitrogens with zero attached hydrogens (tertiary/aromatic N) is 1. The van der Waals surface area contributed by atoms with Gasteiger partial charge in [-0.1, -0.05) is 12.1 Å². The Bertz CT molecular complexity index is 492. The summed E-state index contributed by atoms with van der Waals surface area (Å²) in [4.78, 5) is 13.5. The number of benzene rings is 1. The van der Waals surface area contributed by atoms with Crippen LogP contribution in [0.5, 0.6) is 0 Å². The molecular weight excluding hydrogens is 287 g/mol. The van der Waals surface area contributed by atoms with Crippen molar-refractivity contribution in [3.8, 4) is 0 Å². The number of nitrogens with two attached hydrogens (primary N) is 1. The molecule has 2 N–H and O–H groups in total. The zero-order valence-electron chi connectivity index (χ0n) is 12.8. The van der Waals surface area contributed by atoms with E-state index in [0.29, 0.717) is 25.3 Å². The van der Waals surface area contributed by atoms with Gasteiger partial charge in [0.2, 0.25) is 5.91 Å². The molecule has 0 radical (unpaired) electrons. The van der Waals surface area contributed by atoms with Crippen molar-refractivity contribution in [3.63, 3.8) is 0 Å². The minimum absolute atomic E-state index is 0.181. The molecule has 0 aromatic heterocycles. The summed E-state index contributed by atoms with van der Waals surface area (Å²) in [5, 5.41) is 0. The fraction of sp³-hybridized carbons (Fsp3) is 0.562. The van der Waals surface area contributed by atoms with Crippen LogP contribution < -0.4 is 5.73 Å². The SMILES string of the molecule is CN(CCOC[C@@H]1CCCO1)[C@@H](C(N)=O)c1cccc(F)c1. The van der Waals surface area contributed by atoms with Crippen molar-refractivity contribution in [1.29, 1.82) is 0 Å². The number of carbonyl (C=O) groups excluding carboxylic acids is 1. The maximum Gasteiger partial charge on any atom is 0.239 e. The first-order valence-electron chi connectivity index (χ1n) is 7.52. The smallest absolute Gasteiger partial charge is 0.239 e. The van der Waals surface area contributed by atoms with Crippen LogP contribution in [0.3, 0.4) is 0 Å². The summed E-state index contributed by atoms with van der Waals surface area (Å²) in [5.41, 5.74) is 6.01. The van der Waals surface area contributed by atoms with Gasteiger partial charge in [-0.3, -0.25) is 9.69 Å². The monoisotopic (exact) mass is 310 g/mol. The third-order valence-electron chi connectivity index (χ3n) is 3.79. The first-order valence-corrected chi connectivity index (χ1v) is 7.52. The fourth-order valence-corrected chi connectivity index (χ4v) is 2.64. The lowest BCUT2D eigenvalue weighted by Crippen LogP contribution is -2.37. The molecule has 1 aliphatic rings. The number of primary amides is 1. The van der Waals surface area contributed by atoms with Crippen molar-refractivity contribution in [1.82, 2.24) is 4.90 Å². The van der Waals surface area contributed by atoms with Crippen LogP contribution in [0.4, 0.5) is 4.39 Å². The van der Waals surface area contributed by atoms with Crippen LogP contribution >= 0.6 is 0 Å². The Labute approximate surface area is 130 Å². The van der Waals surface area contributed by atoms with Crippen molar-refractivity contribution in [2.45, 2.75) is 25.0 Å². The second-order valence-electron chi connectivity index (χ2n) is 5.55. The van der Waals surface area contributed by atoms with Crippen molar-refractivity contribution in [2.24, 2.45) is 5.73 Å². The van der Waals surface area contributed by atoms with E-state index in [1.54, 1.807) is 24.1 Å². The van der Waals surface area contributed by atoms with Gasteiger partial charge >= 0.3 is 0 Å². The van der Waals surface area contributed by atoms with Crippen LogP contribution in [0.2, 0.25) is 0 Å². The third-order valence-corrected chi connectivity index (χ3v) is 3.79. The number of hydrogen-bond acceptors (Lipinski definition) is 4. The molecule has 22 heavy (non-hydrogen) atoms. The van der Waals surface area contributed by atoms with Crippen molar-refractivity contribution in [3.05, 3.63) is 35.6 Å². The molecule has 1 fully saturated rings. The average molecular weight is 310 g/mol. The van der Waals surface area contributed by atoms with Crippen molar-refractivity contribution < 1.29 is 18.7 Å². The van der Waals surface area contributed by atoms with Gasteiger partial charge in [-0.05, 0) is 37.6 Å². The third kappa shape index (κ3) is 4.76. The first kappa shape index (κ1) is 16.9. The number of carbonyl (C=O) groups is 1. The van der Waals surface area contributed by atoms with E-state index in [1.165, 1.54) is 12.1 Å². The highest BCUT2D eigenvalue weighted by atomic mass is 19.1. The minimum atomic E-state index is -0.665. The standard InChI is InChI=1S/C16H23FN2O3/c1-19(7-9-21-11-14-6-3-8-22-14)15(16(18)20)12-4-2-5-13(17)10-12/h2,4-5,10,14-15H,3,6-9,11H2,1H3,(H2,18,20)/t14-,15+/m0/s1. The molecule has 1 heterocycles. The number of likely N-dealkylation sites (N-methyl/N-ethyl adjacent to an activating group) is 1. The molecule has 1 aliphatic heterocycles. The predicted molar refractivity (Wildman–Crippen MR) is 80.8 cm³/mol. The molecule has 0 spiro atoms. The molecule has 2 rings (SSSR count). The molecule has 1 aromatic rings. The average Bonchev–Trinajstić information content (AvgIpc) is 2.97. The van der Waals surface area contributed by atoms with E-state index in [0.717, 1.165) is 19.4 Å². The topological polar surface area (TPSA) is 64.8 Å². The summed E-state index contributed by atoms with van der Waals surface area (Å²) in [6.07, 6.45) is 2.29. The first-order chi connectivity index (χ1) is 10.6. The Balaban J connectivity index is 1.84. The molecular formula is C16H23FN2O3. The minimum Gasteiger partial charge on any atom is -0.377 e. The number of ether oxygens (including phenoxy) is 2. The Kier molecular flexibility index (Phi) is 6.30. The number of halogens is 1. The number of hydrogen-bond donors (Lipinski definition) is 1. The quantitative estimate of drug-likeness (QED) is 0.739. The van der Waals surface area contributed by atoms with Crippen LogP contribution in [0.15, 0.2) is 24.3 Å². The van der Waals surface area contributed by atoms with E-state index >= 15 is 0 Å². The molecule has 122 valence electrons. The molecule has 0 saturated carbocycles. The van der Waals surface area contributed by atoms with Crippen LogP contribution in [0, 0.1) is 5.82 Å². The van der Waals surface area contributed by atoms with Crippen molar-refractivity contribution >= 4 is 5.91 Å². The van der Waals surface area contributed by atoms with E-state index in [2.05, 4.69) is 0 Å². The molecule has 5 nitrogen and oxygen atoms in total. The summed E-state index contributed by atoms with van der Waals surface area (Å²) in [6, 6.07) is 5.28. The van der Waals surface area contributed by atoms with E-state index in [1.807, 2.05) is 0 Å². The van der Waals surface area contributed by atoms with Gasteiger partial charge in [-0.25, -0.2) is 4.39 Å². The number of amides is 1. The van der Waals surface area contributed by atoms with E-state index in [9.17, 15) is 9.18 Å². The Morgan fingerprint density at radius 3 is 3.05 bits per heavy atom. The van der Waals surface area contributed by atoms with E-state index < -0.39 is 11.9 Å². The summed E-state index contributed by atoms with van der Waals surface area (Å²) in [7, 11) is 1.77. The molecule has 1 saturated heterocycles. The normalized spacial score (nSPS) is 19.5. The molecule has 2 atom stereocenters. The second-order valence-corrected chi connectivity index (χ2v) is 5.55. The molecule has 0 aliphatic carbocycles. The van der Waals surface area contributed by atoms with Gasteiger partial charge in [-0.15, -0.1) is 0 Å². The van der Waals surface area contributed by atoms with Gasteiger partial charge in [0, 0.05) is 13.2 Å². The zero-order valence-corrected chi connectivity index (χ0v) is 12.8. The summed E-state index contributed by atoms with van der Waals surface area (Å²) in [5.74, 6) is -0.890. The Hall–Kier alpha value is -1.50. The highest BCUT2D eigenvalue weighted by molar-refractivity contribution is 5.81. The molecule has 1 aromatic carbocycles. The van der Waals surface area contributed by atoms with Crippen LogP contribution in [0.1, 0.15) is 24.4 Å². The molecule has 0 unspecified atom stereocenters. The fourth-order valence-electron chi connectivity index (χ4n) is 2.64. The van der Waals surface area contributed by atoms with E-state index in [-0.39, 0.29) is 11.9 Å². The highest BCUT2D eigenvalue weighted by Crippen LogP contribution is 2.20. The lowest BCUT2D eigenvalue weighted by molar-refractivity contribution is -0.123. The highest BCUT2D eigenvalue weighted by Gasteiger charge is 2.23. The van der Waals surface area contributed by atoms with Gasteiger partial charge in [-0.2, -0.15) is 0 Å². The summed E-state index contributed by atoms with van der Waals surface area (Å²) in [6.45, 7) is 2.36. The zero-order chi connectivity index (χ0) is 15.9. The van der Waals surface area contributed by atoms with Gasteiger partial charge in [0.05, 0.1) is 19.3 Å². The van der Waals surface area contributed by atoms with Crippen molar-refractivity contribution in [2.75, 3.05) is 33.4 Å².